The maximum absolute atomic E-state index is 11.9. The molecule has 1 fully saturated rings. The maximum atomic E-state index is 11.9. The molecule has 0 aliphatic heterocycles. The van der Waals surface area contributed by atoms with Crippen molar-refractivity contribution in [2.24, 2.45) is 17.3 Å². The van der Waals surface area contributed by atoms with E-state index in [9.17, 15) is 4.79 Å². The van der Waals surface area contributed by atoms with Crippen molar-refractivity contribution < 1.29 is 9.53 Å². The molecule has 1 aliphatic carbocycles. The van der Waals surface area contributed by atoms with Crippen LogP contribution in [0.3, 0.4) is 0 Å². The Morgan fingerprint density at radius 3 is 2.44 bits per heavy atom. The second-order valence-electron chi connectivity index (χ2n) is 5.94. The zero-order chi connectivity index (χ0) is 13.3. The summed E-state index contributed by atoms with van der Waals surface area (Å²) in [5.41, 5.74) is 1.33. The molecule has 0 spiro atoms. The largest absolute Gasteiger partial charge is 0.469 e. The Hall–Kier alpha value is -1.31. The molecule has 3 atom stereocenters. The van der Waals surface area contributed by atoms with Crippen LogP contribution in [0.5, 0.6) is 0 Å². The molecule has 0 aromatic heterocycles. The van der Waals surface area contributed by atoms with Gasteiger partial charge in [0.25, 0.3) is 0 Å². The second-order valence-corrected chi connectivity index (χ2v) is 5.94. The predicted octanol–water partition coefficient (Wildman–Crippen LogP) is 3.63. The van der Waals surface area contributed by atoms with Gasteiger partial charge in [-0.1, -0.05) is 51.1 Å². The van der Waals surface area contributed by atoms with Crippen LogP contribution in [0.2, 0.25) is 0 Å². The Morgan fingerprint density at radius 1 is 1.28 bits per heavy atom. The van der Waals surface area contributed by atoms with Gasteiger partial charge < -0.3 is 4.74 Å². The van der Waals surface area contributed by atoms with Crippen molar-refractivity contribution in [3.05, 3.63) is 35.9 Å². The van der Waals surface area contributed by atoms with Crippen LogP contribution in [0.1, 0.15) is 38.7 Å². The average molecular weight is 246 g/mol. The van der Waals surface area contributed by atoms with Crippen LogP contribution < -0.4 is 0 Å². The van der Waals surface area contributed by atoms with Gasteiger partial charge in [0.15, 0.2) is 0 Å². The summed E-state index contributed by atoms with van der Waals surface area (Å²) in [6, 6.07) is 10.5. The lowest BCUT2D eigenvalue weighted by atomic mass is 9.74. The van der Waals surface area contributed by atoms with E-state index >= 15 is 0 Å². The van der Waals surface area contributed by atoms with Crippen LogP contribution in [-0.2, 0) is 9.53 Å². The van der Waals surface area contributed by atoms with E-state index in [1.807, 2.05) is 6.07 Å². The first kappa shape index (κ1) is 13.1. The molecule has 18 heavy (non-hydrogen) atoms. The fraction of sp³-hybridized carbons (Fsp3) is 0.562. The Labute approximate surface area is 109 Å². The van der Waals surface area contributed by atoms with Gasteiger partial charge in [-0.2, -0.15) is 0 Å². The van der Waals surface area contributed by atoms with E-state index in [1.165, 1.54) is 12.7 Å². The molecule has 1 aromatic carbocycles. The molecular formula is C16H22O2. The standard InChI is InChI=1S/C16H22O2/c1-11-13(12-8-6-5-7-9-12)10-14(15(17)18-4)16(11,2)3/h5-9,11,13-14H,10H2,1-4H3/t11-,13+,14+/m0/s1. The molecule has 0 N–H and O–H groups in total. The minimum atomic E-state index is -0.0646. The predicted molar refractivity (Wildman–Crippen MR) is 72.3 cm³/mol. The monoisotopic (exact) mass is 246 g/mol. The van der Waals surface area contributed by atoms with Crippen molar-refractivity contribution in [2.75, 3.05) is 7.11 Å². The smallest absolute Gasteiger partial charge is 0.309 e. The van der Waals surface area contributed by atoms with E-state index in [1.54, 1.807) is 0 Å². The molecule has 0 radical (unpaired) electrons. The summed E-state index contributed by atoms with van der Waals surface area (Å²) in [5, 5.41) is 0. The van der Waals surface area contributed by atoms with Gasteiger partial charge in [-0.15, -0.1) is 0 Å². The first-order valence-corrected chi connectivity index (χ1v) is 6.61. The maximum Gasteiger partial charge on any atom is 0.309 e. The number of methoxy groups -OCH3 is 1. The lowest BCUT2D eigenvalue weighted by molar-refractivity contribution is -0.149. The summed E-state index contributed by atoms with van der Waals surface area (Å²) in [7, 11) is 1.49. The molecular weight excluding hydrogens is 224 g/mol. The first-order chi connectivity index (χ1) is 8.48. The molecule has 2 nitrogen and oxygen atoms in total. The molecule has 1 aromatic rings. The third kappa shape index (κ3) is 2.05. The highest BCUT2D eigenvalue weighted by Crippen LogP contribution is 2.54. The molecule has 2 rings (SSSR count). The summed E-state index contributed by atoms with van der Waals surface area (Å²) in [5.74, 6) is 0.863. The minimum Gasteiger partial charge on any atom is -0.469 e. The third-order valence-corrected chi connectivity index (χ3v) is 4.88. The Kier molecular flexibility index (Phi) is 3.47. The lowest BCUT2D eigenvalue weighted by Crippen LogP contribution is -2.30. The van der Waals surface area contributed by atoms with Gasteiger partial charge in [0.1, 0.15) is 0 Å². The molecule has 1 aliphatic rings. The summed E-state index contributed by atoms with van der Waals surface area (Å²) in [6.45, 7) is 6.62. The fourth-order valence-electron chi connectivity index (χ4n) is 3.26. The van der Waals surface area contributed by atoms with Crippen molar-refractivity contribution in [3.8, 4) is 0 Å². The van der Waals surface area contributed by atoms with Gasteiger partial charge in [0.2, 0.25) is 0 Å². The molecule has 1 saturated carbocycles. The number of rotatable bonds is 2. The average Bonchev–Trinajstić information content (AvgIpc) is 2.62. The van der Waals surface area contributed by atoms with E-state index in [-0.39, 0.29) is 17.3 Å². The molecule has 0 saturated heterocycles. The number of esters is 1. The highest BCUT2D eigenvalue weighted by Gasteiger charge is 2.50. The number of hydrogen-bond donors (Lipinski definition) is 0. The summed E-state index contributed by atoms with van der Waals surface area (Å²) < 4.78 is 4.96. The van der Waals surface area contributed by atoms with Gasteiger partial charge in [0.05, 0.1) is 13.0 Å². The summed E-state index contributed by atoms with van der Waals surface area (Å²) >= 11 is 0. The Morgan fingerprint density at radius 2 is 1.89 bits per heavy atom. The van der Waals surface area contributed by atoms with Crippen LogP contribution in [0, 0.1) is 17.3 Å². The minimum absolute atomic E-state index is 0.00251. The van der Waals surface area contributed by atoms with Crippen molar-refractivity contribution in [2.45, 2.75) is 33.1 Å². The number of benzene rings is 1. The molecule has 2 heteroatoms. The topological polar surface area (TPSA) is 26.3 Å². The van der Waals surface area contributed by atoms with E-state index in [4.69, 9.17) is 4.74 Å². The molecule has 0 heterocycles. The SMILES string of the molecule is COC(=O)[C@H]1C[C@@H](c2ccccc2)[C@H](C)C1(C)C. The molecule has 98 valence electrons. The van der Waals surface area contributed by atoms with E-state index in [2.05, 4.69) is 45.0 Å². The van der Waals surface area contributed by atoms with Gasteiger partial charge in [0, 0.05) is 0 Å². The first-order valence-electron chi connectivity index (χ1n) is 6.61. The zero-order valence-corrected chi connectivity index (χ0v) is 11.6. The normalized spacial score (nSPS) is 30.1. The number of hydrogen-bond acceptors (Lipinski definition) is 2. The fourth-order valence-corrected chi connectivity index (χ4v) is 3.26. The number of carbonyl (C=O) groups is 1. The Balaban J connectivity index is 2.29. The van der Waals surface area contributed by atoms with Gasteiger partial charge in [-0.3, -0.25) is 4.79 Å². The van der Waals surface area contributed by atoms with Crippen LogP contribution in [0.15, 0.2) is 30.3 Å². The Bertz CT molecular complexity index is 422. The van der Waals surface area contributed by atoms with Crippen LogP contribution in [0.25, 0.3) is 0 Å². The molecule has 0 bridgehead atoms. The van der Waals surface area contributed by atoms with Crippen LogP contribution in [-0.4, -0.2) is 13.1 Å². The van der Waals surface area contributed by atoms with Crippen LogP contribution in [0.4, 0.5) is 0 Å². The van der Waals surface area contributed by atoms with Gasteiger partial charge >= 0.3 is 5.97 Å². The highest BCUT2D eigenvalue weighted by molar-refractivity contribution is 5.74. The van der Waals surface area contributed by atoms with Crippen molar-refractivity contribution in [1.29, 1.82) is 0 Å². The van der Waals surface area contributed by atoms with E-state index in [0.717, 1.165) is 6.42 Å². The highest BCUT2D eigenvalue weighted by atomic mass is 16.5. The number of carbonyl (C=O) groups excluding carboxylic acids is 1. The van der Waals surface area contributed by atoms with Crippen molar-refractivity contribution in [1.82, 2.24) is 0 Å². The van der Waals surface area contributed by atoms with E-state index in [0.29, 0.717) is 11.8 Å². The van der Waals surface area contributed by atoms with E-state index < -0.39 is 0 Å². The molecule has 0 amide bonds. The quantitative estimate of drug-likeness (QED) is 0.745. The second kappa shape index (κ2) is 4.75. The van der Waals surface area contributed by atoms with Crippen molar-refractivity contribution in [3.63, 3.8) is 0 Å². The summed E-state index contributed by atoms with van der Waals surface area (Å²) in [6.07, 6.45) is 0.894. The zero-order valence-electron chi connectivity index (χ0n) is 11.6. The van der Waals surface area contributed by atoms with Gasteiger partial charge in [-0.05, 0) is 29.2 Å². The molecule has 0 unspecified atom stereocenters. The summed E-state index contributed by atoms with van der Waals surface area (Å²) in [4.78, 5) is 11.9. The number of ether oxygens (including phenoxy) is 1. The van der Waals surface area contributed by atoms with Crippen molar-refractivity contribution >= 4 is 5.97 Å². The van der Waals surface area contributed by atoms with Crippen LogP contribution >= 0.6 is 0 Å². The van der Waals surface area contributed by atoms with Gasteiger partial charge in [-0.25, -0.2) is 0 Å². The lowest BCUT2D eigenvalue weighted by Gasteiger charge is -2.30. The third-order valence-electron chi connectivity index (χ3n) is 4.88.